The van der Waals surface area contributed by atoms with Gasteiger partial charge in [0.1, 0.15) is 0 Å². The van der Waals surface area contributed by atoms with Crippen molar-refractivity contribution in [2.45, 2.75) is 32.9 Å². The summed E-state index contributed by atoms with van der Waals surface area (Å²) >= 11 is 1.39. The van der Waals surface area contributed by atoms with E-state index in [0.29, 0.717) is 13.1 Å². The van der Waals surface area contributed by atoms with Gasteiger partial charge in [-0.15, -0.1) is 11.8 Å². The van der Waals surface area contributed by atoms with Crippen molar-refractivity contribution in [3.05, 3.63) is 59.2 Å². The van der Waals surface area contributed by atoms with Crippen LogP contribution in [0.1, 0.15) is 23.6 Å². The van der Waals surface area contributed by atoms with Crippen LogP contribution in [0.2, 0.25) is 0 Å². The fourth-order valence-electron chi connectivity index (χ4n) is 3.61. The average Bonchev–Trinajstić information content (AvgIpc) is 2.75. The Morgan fingerprint density at radius 2 is 1.67 bits per heavy atom. The lowest BCUT2D eigenvalue weighted by molar-refractivity contribution is -0.130. The fraction of sp³-hybridized carbons (Fsp3) is 0.417. The Bertz CT molecular complexity index is 890. The van der Waals surface area contributed by atoms with Crippen molar-refractivity contribution in [3.8, 4) is 0 Å². The number of rotatable bonds is 6. The predicted molar refractivity (Wildman–Crippen MR) is 126 cm³/mol. The number of nitrogens with zero attached hydrogens (tertiary/aromatic N) is 2. The van der Waals surface area contributed by atoms with Gasteiger partial charge in [0.25, 0.3) is 0 Å². The zero-order valence-electron chi connectivity index (χ0n) is 18.3. The Labute approximate surface area is 183 Å². The lowest BCUT2D eigenvalue weighted by Crippen LogP contribution is -2.51. The molecule has 6 heteroatoms. The average molecular weight is 426 g/mol. The summed E-state index contributed by atoms with van der Waals surface area (Å²) in [5.41, 5.74) is 5.80. The maximum atomic E-state index is 12.8. The molecule has 1 unspecified atom stereocenters. The minimum absolute atomic E-state index is 0.0803. The predicted octanol–water partition coefficient (Wildman–Crippen LogP) is 4.02. The van der Waals surface area contributed by atoms with Crippen LogP contribution in [0.5, 0.6) is 0 Å². The maximum Gasteiger partial charge on any atom is 0.235 e. The van der Waals surface area contributed by atoms with Crippen molar-refractivity contribution < 1.29 is 9.59 Å². The number of amides is 2. The van der Waals surface area contributed by atoms with Gasteiger partial charge < -0.3 is 15.1 Å². The minimum Gasteiger partial charge on any atom is -0.368 e. The molecule has 0 saturated carbocycles. The van der Waals surface area contributed by atoms with Gasteiger partial charge in [0.2, 0.25) is 11.8 Å². The lowest BCUT2D eigenvalue weighted by atomic mass is 10.1. The third-order valence-electron chi connectivity index (χ3n) is 5.66. The van der Waals surface area contributed by atoms with Crippen molar-refractivity contribution in [1.29, 1.82) is 0 Å². The molecule has 0 radical (unpaired) electrons. The molecule has 0 aromatic heterocycles. The second-order valence-electron chi connectivity index (χ2n) is 7.90. The van der Waals surface area contributed by atoms with Gasteiger partial charge in [-0.25, -0.2) is 0 Å². The molecule has 1 aliphatic rings. The molecule has 1 saturated heterocycles. The van der Waals surface area contributed by atoms with Gasteiger partial charge >= 0.3 is 0 Å². The largest absolute Gasteiger partial charge is 0.368 e. The SMILES string of the molecule is Cc1ccc(NC(=O)CSC(C)C(=O)N2CCN(c3cccc(C)c3C)CC2)cc1. The molecule has 1 aliphatic heterocycles. The van der Waals surface area contributed by atoms with Crippen LogP contribution in [-0.4, -0.2) is 53.9 Å². The molecular weight excluding hydrogens is 394 g/mol. The third kappa shape index (κ3) is 5.57. The number of carbonyl (C=O) groups is 2. The van der Waals surface area contributed by atoms with E-state index in [1.165, 1.54) is 28.6 Å². The van der Waals surface area contributed by atoms with Gasteiger partial charge in [-0.1, -0.05) is 29.8 Å². The first-order chi connectivity index (χ1) is 14.3. The van der Waals surface area contributed by atoms with Crippen LogP contribution in [0.4, 0.5) is 11.4 Å². The maximum absolute atomic E-state index is 12.8. The Kier molecular flexibility index (Phi) is 7.43. The van der Waals surface area contributed by atoms with E-state index >= 15 is 0 Å². The number of benzene rings is 2. The van der Waals surface area contributed by atoms with E-state index in [4.69, 9.17) is 0 Å². The van der Waals surface area contributed by atoms with Crippen LogP contribution < -0.4 is 10.2 Å². The van der Waals surface area contributed by atoms with Crippen molar-refractivity contribution in [2.24, 2.45) is 0 Å². The van der Waals surface area contributed by atoms with Crippen molar-refractivity contribution in [1.82, 2.24) is 4.90 Å². The van der Waals surface area contributed by atoms with Crippen LogP contribution in [0.3, 0.4) is 0 Å². The second kappa shape index (κ2) is 10.0. The molecule has 30 heavy (non-hydrogen) atoms. The van der Waals surface area contributed by atoms with Crippen molar-refractivity contribution in [2.75, 3.05) is 42.1 Å². The second-order valence-corrected chi connectivity index (χ2v) is 9.23. The molecule has 3 rings (SSSR count). The van der Waals surface area contributed by atoms with Crippen LogP contribution in [0.25, 0.3) is 0 Å². The Morgan fingerprint density at radius 1 is 1.00 bits per heavy atom. The number of piperazine rings is 1. The lowest BCUT2D eigenvalue weighted by Gasteiger charge is -2.38. The molecule has 1 fully saturated rings. The number of aryl methyl sites for hydroxylation is 2. The van der Waals surface area contributed by atoms with Gasteiger partial charge in [-0.3, -0.25) is 9.59 Å². The number of anilines is 2. The van der Waals surface area contributed by atoms with E-state index in [0.717, 1.165) is 24.3 Å². The minimum atomic E-state index is -0.235. The van der Waals surface area contributed by atoms with Gasteiger partial charge in [-0.05, 0) is 57.0 Å². The number of nitrogens with one attached hydrogen (secondary N) is 1. The summed E-state index contributed by atoms with van der Waals surface area (Å²) in [5.74, 6) is 0.301. The molecule has 1 heterocycles. The quantitative estimate of drug-likeness (QED) is 0.760. The summed E-state index contributed by atoms with van der Waals surface area (Å²) in [4.78, 5) is 29.3. The monoisotopic (exact) mass is 425 g/mol. The molecule has 2 aromatic carbocycles. The highest BCUT2D eigenvalue weighted by Gasteiger charge is 2.26. The third-order valence-corrected chi connectivity index (χ3v) is 6.79. The Hall–Kier alpha value is -2.47. The number of carbonyl (C=O) groups excluding carboxylic acids is 2. The molecular formula is C24H31N3O2S. The van der Waals surface area contributed by atoms with Gasteiger partial charge in [0.05, 0.1) is 11.0 Å². The van der Waals surface area contributed by atoms with Crippen LogP contribution >= 0.6 is 11.8 Å². The molecule has 0 spiro atoms. The molecule has 1 N–H and O–H groups in total. The van der Waals surface area contributed by atoms with Crippen LogP contribution in [0.15, 0.2) is 42.5 Å². The molecule has 1 atom stereocenters. The standard InChI is InChI=1S/C24H31N3O2S/c1-17-8-10-21(11-9-17)25-23(28)16-30-20(4)24(29)27-14-12-26(13-15-27)22-7-5-6-18(2)19(22)3/h5-11,20H,12-16H2,1-4H3,(H,25,28). The highest BCUT2D eigenvalue weighted by Crippen LogP contribution is 2.24. The topological polar surface area (TPSA) is 52.7 Å². The molecule has 2 amide bonds. The molecule has 0 aliphatic carbocycles. The molecule has 5 nitrogen and oxygen atoms in total. The first kappa shape index (κ1) is 22.2. The summed E-state index contributed by atoms with van der Waals surface area (Å²) in [6, 6.07) is 14.1. The fourth-order valence-corrected chi connectivity index (χ4v) is 4.37. The Balaban J connectivity index is 1.45. The first-order valence-corrected chi connectivity index (χ1v) is 11.5. The summed E-state index contributed by atoms with van der Waals surface area (Å²) in [6.45, 7) is 11.3. The summed E-state index contributed by atoms with van der Waals surface area (Å²) in [5, 5.41) is 2.65. The van der Waals surface area contributed by atoms with Gasteiger partial charge in [-0.2, -0.15) is 0 Å². The van der Waals surface area contributed by atoms with Crippen molar-refractivity contribution >= 4 is 35.0 Å². The highest BCUT2D eigenvalue weighted by atomic mass is 32.2. The highest BCUT2D eigenvalue weighted by molar-refractivity contribution is 8.01. The van der Waals surface area contributed by atoms with Gasteiger partial charge in [0, 0.05) is 37.6 Å². The van der Waals surface area contributed by atoms with E-state index in [9.17, 15) is 9.59 Å². The van der Waals surface area contributed by atoms with Crippen molar-refractivity contribution in [3.63, 3.8) is 0 Å². The van der Waals surface area contributed by atoms with Crippen LogP contribution in [-0.2, 0) is 9.59 Å². The smallest absolute Gasteiger partial charge is 0.235 e. The van der Waals surface area contributed by atoms with E-state index in [1.807, 2.05) is 43.0 Å². The van der Waals surface area contributed by atoms with E-state index in [1.54, 1.807) is 0 Å². The zero-order chi connectivity index (χ0) is 21.7. The molecule has 0 bridgehead atoms. The number of thioether (sulfide) groups is 1. The van der Waals surface area contributed by atoms with E-state index < -0.39 is 0 Å². The molecule has 2 aromatic rings. The van der Waals surface area contributed by atoms with Crippen LogP contribution in [0, 0.1) is 20.8 Å². The Morgan fingerprint density at radius 3 is 2.33 bits per heavy atom. The number of hydrogen-bond donors (Lipinski definition) is 1. The summed E-state index contributed by atoms with van der Waals surface area (Å²) in [6.07, 6.45) is 0. The van der Waals surface area contributed by atoms with E-state index in [2.05, 4.69) is 42.3 Å². The van der Waals surface area contributed by atoms with Gasteiger partial charge in [0.15, 0.2) is 0 Å². The number of hydrogen-bond acceptors (Lipinski definition) is 4. The summed E-state index contributed by atoms with van der Waals surface area (Å²) < 4.78 is 0. The van der Waals surface area contributed by atoms with E-state index in [-0.39, 0.29) is 22.8 Å². The first-order valence-electron chi connectivity index (χ1n) is 10.4. The molecule has 160 valence electrons. The normalized spacial score (nSPS) is 15.1. The zero-order valence-corrected chi connectivity index (χ0v) is 19.1. The summed E-state index contributed by atoms with van der Waals surface area (Å²) in [7, 11) is 0.